The van der Waals surface area contributed by atoms with E-state index in [2.05, 4.69) is 43.3 Å². The van der Waals surface area contributed by atoms with Gasteiger partial charge in [-0.3, -0.25) is 0 Å². The molecule has 6 heteroatoms. The monoisotopic (exact) mass is 431 g/mol. The molecule has 0 radical (unpaired) electrons. The molecule has 0 aromatic heterocycles. The van der Waals surface area contributed by atoms with Crippen LogP contribution in [0.5, 0.6) is 0 Å². The summed E-state index contributed by atoms with van der Waals surface area (Å²) in [5.41, 5.74) is 5.06. The highest BCUT2D eigenvalue weighted by atomic mass is 35.5. The van der Waals surface area contributed by atoms with Crippen molar-refractivity contribution in [3.8, 4) is 0 Å². The van der Waals surface area contributed by atoms with Crippen LogP contribution in [0.2, 0.25) is 5.02 Å². The number of benzene rings is 2. The highest BCUT2D eigenvalue weighted by Gasteiger charge is 2.29. The Balaban J connectivity index is 1.78. The van der Waals surface area contributed by atoms with Crippen LogP contribution in [-0.2, 0) is 16.0 Å². The first-order valence-corrected chi connectivity index (χ1v) is 10.7. The molecular weight excluding hydrogens is 402 g/mol. The molecular formula is C24H30ClNO4. The number of aliphatic hydroxyl groups excluding tert-OH is 2. The zero-order valence-electron chi connectivity index (χ0n) is 17.7. The van der Waals surface area contributed by atoms with Crippen molar-refractivity contribution in [2.24, 2.45) is 11.1 Å². The topological polar surface area (TPSA) is 71.3 Å². The fourth-order valence-corrected chi connectivity index (χ4v) is 4.04. The molecule has 1 aliphatic heterocycles. The fraction of sp³-hybridized carbons (Fsp3) is 0.458. The van der Waals surface area contributed by atoms with Gasteiger partial charge in [0.15, 0.2) is 0 Å². The lowest BCUT2D eigenvalue weighted by atomic mass is 9.93. The van der Waals surface area contributed by atoms with E-state index in [0.717, 1.165) is 28.0 Å². The highest BCUT2D eigenvalue weighted by Crippen LogP contribution is 2.33. The highest BCUT2D eigenvalue weighted by molar-refractivity contribution is 6.31. The van der Waals surface area contributed by atoms with E-state index in [9.17, 15) is 10.2 Å². The molecule has 162 valence electrons. The second kappa shape index (κ2) is 10.4. The molecule has 30 heavy (non-hydrogen) atoms. The maximum Gasteiger partial charge on any atom is 0.106 e. The Bertz CT molecular complexity index is 866. The molecule has 0 aliphatic carbocycles. The van der Waals surface area contributed by atoms with Gasteiger partial charge in [0, 0.05) is 17.9 Å². The van der Waals surface area contributed by atoms with Gasteiger partial charge in [-0.1, -0.05) is 67.0 Å². The maximum atomic E-state index is 10.1. The van der Waals surface area contributed by atoms with Gasteiger partial charge in [0.2, 0.25) is 0 Å². The van der Waals surface area contributed by atoms with Crippen LogP contribution in [0.25, 0.3) is 0 Å². The van der Waals surface area contributed by atoms with Gasteiger partial charge in [-0.05, 0) is 40.7 Å². The Kier molecular flexibility index (Phi) is 7.89. The van der Waals surface area contributed by atoms with Crippen LogP contribution in [0.1, 0.15) is 55.0 Å². The Labute approximate surface area is 183 Å². The quantitative estimate of drug-likeness (QED) is 0.499. The Morgan fingerprint density at radius 2 is 1.93 bits per heavy atom. The number of aliphatic hydroxyl groups is 2. The van der Waals surface area contributed by atoms with Gasteiger partial charge >= 0.3 is 0 Å². The van der Waals surface area contributed by atoms with Crippen molar-refractivity contribution in [2.75, 3.05) is 13.7 Å². The second-order valence-corrected chi connectivity index (χ2v) is 8.50. The molecule has 1 fully saturated rings. The molecule has 2 N–H and O–H groups in total. The molecule has 5 nitrogen and oxygen atoms in total. The summed E-state index contributed by atoms with van der Waals surface area (Å²) in [5, 5.41) is 24.4. The van der Waals surface area contributed by atoms with Gasteiger partial charge in [-0.2, -0.15) is 0 Å². The molecule has 1 heterocycles. The summed E-state index contributed by atoms with van der Waals surface area (Å²) in [6.45, 7) is 4.08. The van der Waals surface area contributed by atoms with Crippen molar-refractivity contribution < 1.29 is 19.8 Å². The largest absolute Gasteiger partial charge is 0.399 e. The van der Waals surface area contributed by atoms with Gasteiger partial charge in [0.1, 0.15) is 7.11 Å². The lowest BCUT2D eigenvalue weighted by Crippen LogP contribution is -2.33. The first-order chi connectivity index (χ1) is 14.4. The predicted octanol–water partition coefficient (Wildman–Crippen LogP) is 4.51. The third-order valence-electron chi connectivity index (χ3n) is 5.40. The normalized spacial score (nSPS) is 22.4. The van der Waals surface area contributed by atoms with E-state index in [4.69, 9.17) is 21.2 Å². The standard InChI is InChI=1S/C24H30ClNO4/c1-15(2)24(26-29-3)17-6-4-16(5-7-17)10-19-11-18(8-9-22(19)25)23-13-20(28)12-21(14-27)30-23/h4-9,11,15,20-21,23,27-28H,10,12-14H2,1-3H3/b26-24+. The first kappa shape index (κ1) is 22.8. The van der Waals surface area contributed by atoms with Crippen molar-refractivity contribution in [3.05, 3.63) is 69.7 Å². The SMILES string of the molecule is CO/N=C(/c1ccc(Cc2cc(C3CC(O)CC(CO)O3)ccc2Cl)cc1)C(C)C. The molecule has 3 atom stereocenters. The van der Waals surface area contributed by atoms with E-state index in [0.29, 0.717) is 24.3 Å². The Morgan fingerprint density at radius 3 is 2.57 bits per heavy atom. The number of hydrogen-bond donors (Lipinski definition) is 2. The zero-order valence-corrected chi connectivity index (χ0v) is 18.5. The van der Waals surface area contributed by atoms with Crippen LogP contribution >= 0.6 is 11.6 Å². The second-order valence-electron chi connectivity index (χ2n) is 8.09. The summed E-state index contributed by atoms with van der Waals surface area (Å²) < 4.78 is 5.95. The predicted molar refractivity (Wildman–Crippen MR) is 119 cm³/mol. The summed E-state index contributed by atoms with van der Waals surface area (Å²) in [4.78, 5) is 4.98. The minimum Gasteiger partial charge on any atom is -0.399 e. The van der Waals surface area contributed by atoms with Crippen LogP contribution < -0.4 is 0 Å². The van der Waals surface area contributed by atoms with Gasteiger partial charge in [-0.15, -0.1) is 0 Å². The van der Waals surface area contributed by atoms with Gasteiger partial charge in [0.05, 0.1) is 30.6 Å². The Morgan fingerprint density at radius 1 is 1.20 bits per heavy atom. The molecule has 2 aromatic rings. The molecule has 0 spiro atoms. The number of rotatable bonds is 7. The summed E-state index contributed by atoms with van der Waals surface area (Å²) in [6, 6.07) is 14.1. The molecule has 0 bridgehead atoms. The van der Waals surface area contributed by atoms with E-state index >= 15 is 0 Å². The minimum absolute atomic E-state index is 0.0922. The molecule has 0 saturated carbocycles. The van der Waals surface area contributed by atoms with E-state index in [-0.39, 0.29) is 24.7 Å². The van der Waals surface area contributed by atoms with Crippen LogP contribution in [0.4, 0.5) is 0 Å². The third-order valence-corrected chi connectivity index (χ3v) is 5.77. The van der Waals surface area contributed by atoms with Crippen molar-refractivity contribution in [1.29, 1.82) is 0 Å². The van der Waals surface area contributed by atoms with Crippen LogP contribution in [0.15, 0.2) is 47.6 Å². The molecule has 1 saturated heterocycles. The fourth-order valence-electron chi connectivity index (χ4n) is 3.86. The molecule has 1 aliphatic rings. The smallest absolute Gasteiger partial charge is 0.106 e. The number of nitrogens with zero attached hydrogens (tertiary/aromatic N) is 1. The number of hydrogen-bond acceptors (Lipinski definition) is 5. The van der Waals surface area contributed by atoms with Crippen LogP contribution in [-0.4, -0.2) is 41.8 Å². The zero-order chi connectivity index (χ0) is 21.7. The van der Waals surface area contributed by atoms with Crippen molar-refractivity contribution >= 4 is 17.3 Å². The molecule has 3 rings (SSSR count). The molecule has 2 aromatic carbocycles. The molecule has 0 amide bonds. The first-order valence-electron chi connectivity index (χ1n) is 10.3. The summed E-state index contributed by atoms with van der Waals surface area (Å²) in [5.74, 6) is 0.260. The molecule has 3 unspecified atom stereocenters. The van der Waals surface area contributed by atoms with Crippen molar-refractivity contribution in [1.82, 2.24) is 0 Å². The summed E-state index contributed by atoms with van der Waals surface area (Å²) in [6.07, 6.45) is 0.603. The van der Waals surface area contributed by atoms with E-state index in [1.165, 1.54) is 0 Å². The average molecular weight is 432 g/mol. The lowest BCUT2D eigenvalue weighted by molar-refractivity contribution is -0.113. The summed E-state index contributed by atoms with van der Waals surface area (Å²) >= 11 is 6.47. The Hall–Kier alpha value is -1.92. The average Bonchev–Trinajstić information content (AvgIpc) is 2.73. The third kappa shape index (κ3) is 5.61. The maximum absolute atomic E-state index is 10.1. The van der Waals surface area contributed by atoms with Gasteiger partial charge < -0.3 is 19.8 Å². The van der Waals surface area contributed by atoms with E-state index in [1.54, 1.807) is 7.11 Å². The van der Waals surface area contributed by atoms with Crippen molar-refractivity contribution in [3.63, 3.8) is 0 Å². The number of halogens is 1. The van der Waals surface area contributed by atoms with Gasteiger partial charge in [-0.25, -0.2) is 0 Å². The summed E-state index contributed by atoms with van der Waals surface area (Å²) in [7, 11) is 1.56. The van der Waals surface area contributed by atoms with Crippen LogP contribution in [0, 0.1) is 5.92 Å². The van der Waals surface area contributed by atoms with E-state index in [1.807, 2.05) is 18.2 Å². The van der Waals surface area contributed by atoms with Crippen molar-refractivity contribution in [2.45, 2.75) is 51.4 Å². The van der Waals surface area contributed by atoms with Gasteiger partial charge in [0.25, 0.3) is 0 Å². The minimum atomic E-state index is -0.475. The van der Waals surface area contributed by atoms with Crippen LogP contribution in [0.3, 0.4) is 0 Å². The number of oxime groups is 1. The van der Waals surface area contributed by atoms with E-state index < -0.39 is 6.10 Å². The lowest BCUT2D eigenvalue weighted by Gasteiger charge is -2.32. The number of ether oxygens (including phenoxy) is 1.